The van der Waals surface area contributed by atoms with E-state index >= 15 is 0 Å². The largest absolute Gasteiger partial charge is 0.477 e. The van der Waals surface area contributed by atoms with Gasteiger partial charge >= 0.3 is 5.97 Å². The number of hydrogen-bond acceptors (Lipinski definition) is 11. The van der Waals surface area contributed by atoms with Crippen LogP contribution < -0.4 is 10.5 Å². The van der Waals surface area contributed by atoms with Gasteiger partial charge in [-0.2, -0.15) is 0 Å². The van der Waals surface area contributed by atoms with Crippen LogP contribution in [0.2, 0.25) is 0 Å². The maximum Gasteiger partial charge on any atom is 0.352 e. The van der Waals surface area contributed by atoms with Gasteiger partial charge in [0.05, 0.1) is 5.75 Å². The van der Waals surface area contributed by atoms with Crippen molar-refractivity contribution in [1.82, 2.24) is 30.4 Å². The number of aliphatic hydroxyl groups is 1. The molecule has 4 rings (SSSR count). The third kappa shape index (κ3) is 6.96. The highest BCUT2D eigenvalue weighted by Gasteiger charge is 2.54. The number of primary sulfonamides is 1. The minimum atomic E-state index is -3.50. The number of aryl methyl sites for hydroxylation is 1. The van der Waals surface area contributed by atoms with Crippen molar-refractivity contribution in [2.24, 2.45) is 5.14 Å². The maximum absolute atomic E-state index is 12.9. The zero-order valence-corrected chi connectivity index (χ0v) is 23.0. The van der Waals surface area contributed by atoms with E-state index in [0.29, 0.717) is 47.9 Å². The summed E-state index contributed by atoms with van der Waals surface area (Å²) in [5.74, 6) is -2.12. The molecule has 39 heavy (non-hydrogen) atoms. The van der Waals surface area contributed by atoms with Crippen molar-refractivity contribution >= 4 is 51.3 Å². The summed E-state index contributed by atoms with van der Waals surface area (Å²) in [6.45, 7) is 0.447. The number of nitrogens with zero attached hydrogens (tertiary/aromatic N) is 5. The number of aliphatic carboxylic acids is 1. The van der Waals surface area contributed by atoms with Crippen LogP contribution in [0, 0.1) is 0 Å². The number of sulfonamides is 1. The van der Waals surface area contributed by atoms with Gasteiger partial charge in [-0.05, 0) is 34.4 Å². The van der Waals surface area contributed by atoms with E-state index in [0.717, 1.165) is 0 Å². The molecule has 0 spiro atoms. The van der Waals surface area contributed by atoms with Crippen LogP contribution in [0.15, 0.2) is 46.8 Å². The van der Waals surface area contributed by atoms with Gasteiger partial charge in [0.1, 0.15) is 17.1 Å². The second-order valence-corrected chi connectivity index (χ2v) is 12.6. The lowest BCUT2D eigenvalue weighted by Gasteiger charge is -2.49. The van der Waals surface area contributed by atoms with Crippen molar-refractivity contribution in [1.29, 1.82) is 0 Å². The molecule has 2 amide bonds. The highest BCUT2D eigenvalue weighted by molar-refractivity contribution is 8.01. The molecule has 210 valence electrons. The first-order chi connectivity index (χ1) is 18.6. The van der Waals surface area contributed by atoms with Crippen LogP contribution >= 0.6 is 23.5 Å². The number of nitrogens with one attached hydrogen (secondary N) is 1. The van der Waals surface area contributed by atoms with Crippen molar-refractivity contribution < 1.29 is 33.0 Å². The van der Waals surface area contributed by atoms with Crippen molar-refractivity contribution in [3.63, 3.8) is 0 Å². The van der Waals surface area contributed by atoms with Gasteiger partial charge in [-0.25, -0.2) is 23.0 Å². The summed E-state index contributed by atoms with van der Waals surface area (Å²) in [7, 11) is -3.50. The summed E-state index contributed by atoms with van der Waals surface area (Å²) in [6, 6.07) is 7.34. The standard InChI is InChI=1S/C22H27N7O7S3/c23-39(35,36)10-6-2-5-9-28-22(25-26-27-28)38-12-14-11-37-20-15(19(32)29(20)16(14)21(33)34)24-18(31)17(30)13-7-3-1-4-8-13/h1,3-4,7-8,15,17,20,30H,2,5-6,9-12H2,(H,24,31)(H,33,34)(H2,23,35,36)/t15?,17-,20-/m1/s1. The first-order valence-corrected chi connectivity index (χ1v) is 15.6. The highest BCUT2D eigenvalue weighted by Crippen LogP contribution is 2.41. The molecule has 5 N–H and O–H groups in total. The number of carbonyl (C=O) groups excluding carboxylic acids is 2. The number of fused-ring (bicyclic) bond motifs is 1. The predicted octanol–water partition coefficient (Wildman–Crippen LogP) is -0.304. The van der Waals surface area contributed by atoms with E-state index in [2.05, 4.69) is 20.8 Å². The van der Waals surface area contributed by atoms with Crippen molar-refractivity contribution in [3.8, 4) is 0 Å². The lowest BCUT2D eigenvalue weighted by atomic mass is 10.0. The summed E-state index contributed by atoms with van der Waals surface area (Å²) < 4.78 is 23.6. The number of benzene rings is 1. The summed E-state index contributed by atoms with van der Waals surface area (Å²) in [5.41, 5.74) is 0.762. The molecule has 14 nitrogen and oxygen atoms in total. The van der Waals surface area contributed by atoms with Crippen molar-refractivity contribution in [2.75, 3.05) is 17.3 Å². The van der Waals surface area contributed by atoms with E-state index in [4.69, 9.17) is 5.14 Å². The molecule has 3 heterocycles. The monoisotopic (exact) mass is 597 g/mol. The lowest BCUT2D eigenvalue weighted by molar-refractivity contribution is -0.151. The number of aromatic nitrogens is 4. The fourth-order valence-corrected chi connectivity index (χ4v) is 7.14. The molecule has 1 aromatic carbocycles. The average Bonchev–Trinajstić information content (AvgIpc) is 3.36. The number of amides is 2. The Morgan fingerprint density at radius 1 is 1.23 bits per heavy atom. The number of nitrogens with two attached hydrogens (primary N) is 1. The molecular formula is C22H27N7O7S3. The molecule has 2 aliphatic heterocycles. The zero-order valence-electron chi connectivity index (χ0n) is 20.5. The smallest absolute Gasteiger partial charge is 0.352 e. The first kappa shape index (κ1) is 29.0. The van der Waals surface area contributed by atoms with E-state index in [1.165, 1.54) is 28.4 Å². The number of carboxylic acid groups (broad SMARTS) is 1. The Morgan fingerprint density at radius 3 is 2.67 bits per heavy atom. The van der Waals surface area contributed by atoms with Crippen LogP contribution in [0.4, 0.5) is 0 Å². The van der Waals surface area contributed by atoms with Gasteiger partial charge in [-0.1, -0.05) is 48.5 Å². The average molecular weight is 598 g/mol. The molecule has 1 unspecified atom stereocenters. The minimum Gasteiger partial charge on any atom is -0.477 e. The number of β-lactam (4-membered cyclic amide) rings is 1. The van der Waals surface area contributed by atoms with Crippen molar-refractivity contribution in [3.05, 3.63) is 47.2 Å². The molecule has 0 saturated carbocycles. The number of tetrazole rings is 1. The molecular weight excluding hydrogens is 570 g/mol. The van der Waals surface area contributed by atoms with E-state index in [-0.39, 0.29) is 17.2 Å². The number of thioether (sulfide) groups is 2. The van der Waals surface area contributed by atoms with Gasteiger partial charge in [0.25, 0.3) is 11.8 Å². The number of rotatable bonds is 13. The van der Waals surface area contributed by atoms with Crippen LogP contribution in [0.25, 0.3) is 0 Å². The highest BCUT2D eigenvalue weighted by atomic mass is 32.2. The van der Waals surface area contributed by atoms with Gasteiger partial charge in [0, 0.05) is 18.1 Å². The predicted molar refractivity (Wildman–Crippen MR) is 141 cm³/mol. The molecule has 2 aliphatic rings. The van der Waals surface area contributed by atoms with Crippen LogP contribution in [-0.2, 0) is 31.0 Å². The van der Waals surface area contributed by atoms with Crippen molar-refractivity contribution in [2.45, 2.75) is 48.5 Å². The summed E-state index contributed by atoms with van der Waals surface area (Å²) in [5, 5.41) is 39.2. The maximum atomic E-state index is 12.9. The van der Waals surface area contributed by atoms with Gasteiger partial charge in [-0.15, -0.1) is 16.9 Å². The molecule has 1 saturated heterocycles. The SMILES string of the molecule is NS(=O)(=O)CCCCCn1nnnc1SCC1=C(C(=O)O)N2C(=O)C(NC(=O)[C@H](O)c3ccccc3)[C@H]2SC1. The molecule has 0 aliphatic carbocycles. The Morgan fingerprint density at radius 2 is 1.97 bits per heavy atom. The molecule has 3 atom stereocenters. The number of carbonyl (C=O) groups is 3. The number of hydrogen-bond donors (Lipinski definition) is 4. The first-order valence-electron chi connectivity index (χ1n) is 11.9. The topological polar surface area (TPSA) is 211 Å². The minimum absolute atomic E-state index is 0.0949. The fraction of sp³-hybridized carbons (Fsp3) is 0.455. The van der Waals surface area contributed by atoms with E-state index in [9.17, 15) is 33.0 Å². The zero-order chi connectivity index (χ0) is 28.2. The second-order valence-electron chi connectivity index (χ2n) is 8.87. The molecule has 1 fully saturated rings. The van der Waals surface area contributed by atoms with Gasteiger partial charge < -0.3 is 15.5 Å². The number of aliphatic hydroxyl groups excluding tert-OH is 1. The van der Waals surface area contributed by atoms with Crippen LogP contribution in [0.1, 0.15) is 30.9 Å². The normalized spacial score (nSPS) is 19.8. The molecule has 0 bridgehead atoms. The Labute approximate surface area is 232 Å². The van der Waals surface area contributed by atoms with Gasteiger partial charge in [0.15, 0.2) is 6.10 Å². The molecule has 2 aromatic rings. The Balaban J connectivity index is 1.36. The number of unbranched alkanes of at least 4 members (excludes halogenated alkanes) is 2. The number of carboxylic acids is 1. The van der Waals surface area contributed by atoms with Gasteiger partial charge in [0.2, 0.25) is 15.2 Å². The Hall–Kier alpha value is -2.99. The Bertz CT molecular complexity index is 1370. The molecule has 1 aromatic heterocycles. The van der Waals surface area contributed by atoms with E-state index < -0.39 is 45.3 Å². The third-order valence-electron chi connectivity index (χ3n) is 6.08. The van der Waals surface area contributed by atoms with Gasteiger partial charge in [-0.3, -0.25) is 14.5 Å². The summed E-state index contributed by atoms with van der Waals surface area (Å²) >= 11 is 2.55. The lowest BCUT2D eigenvalue weighted by Crippen LogP contribution is -2.70. The molecule has 0 radical (unpaired) electrons. The molecule has 17 heteroatoms. The van der Waals surface area contributed by atoms with E-state index in [1.807, 2.05) is 0 Å². The van der Waals surface area contributed by atoms with E-state index in [1.54, 1.807) is 35.0 Å². The van der Waals surface area contributed by atoms with Crippen LogP contribution in [0.5, 0.6) is 0 Å². The third-order valence-corrected chi connectivity index (χ3v) is 9.33. The Kier molecular flexibility index (Phi) is 9.27. The second kappa shape index (κ2) is 12.5. The summed E-state index contributed by atoms with van der Waals surface area (Å²) in [4.78, 5) is 38.7. The quantitative estimate of drug-likeness (QED) is 0.133. The fourth-order valence-electron chi connectivity index (χ4n) is 4.15. The van der Waals surface area contributed by atoms with Crippen LogP contribution in [0.3, 0.4) is 0 Å². The van der Waals surface area contributed by atoms with Crippen LogP contribution in [-0.4, -0.2) is 90.2 Å². The summed E-state index contributed by atoms with van der Waals surface area (Å²) in [6.07, 6.45) is 0.211.